The molecule has 3 aliphatic rings. The second kappa shape index (κ2) is 4.05. The average Bonchev–Trinajstić information content (AvgIpc) is 2.74. The normalized spacial score (nSPS) is 35.1. The van der Waals surface area contributed by atoms with Crippen molar-refractivity contribution in [1.29, 1.82) is 0 Å². The van der Waals surface area contributed by atoms with Gasteiger partial charge in [-0.2, -0.15) is 0 Å². The third-order valence-electron chi connectivity index (χ3n) is 3.95. The van der Waals surface area contributed by atoms with E-state index in [9.17, 15) is 4.79 Å². The van der Waals surface area contributed by atoms with Crippen LogP contribution in [0.3, 0.4) is 0 Å². The van der Waals surface area contributed by atoms with E-state index in [1.54, 1.807) is 12.2 Å². The van der Waals surface area contributed by atoms with Crippen molar-refractivity contribution in [3.63, 3.8) is 0 Å². The molecule has 2 atom stereocenters. The minimum Gasteiger partial charge on any atom is -0.468 e. The summed E-state index contributed by atoms with van der Waals surface area (Å²) in [5.74, 6) is 0.587. The summed E-state index contributed by atoms with van der Waals surface area (Å²) in [4.78, 5) is 11.9. The molecular formula is C15H18O4. The van der Waals surface area contributed by atoms with Crippen LogP contribution in [-0.4, -0.2) is 29.9 Å². The highest BCUT2D eigenvalue weighted by molar-refractivity contribution is 6.06. The maximum absolute atomic E-state index is 11.9. The highest BCUT2D eigenvalue weighted by atomic mass is 16.7. The summed E-state index contributed by atoms with van der Waals surface area (Å²) in [6.07, 6.45) is 6.51. The van der Waals surface area contributed by atoms with E-state index in [1.165, 1.54) is 0 Å². The molecule has 2 heterocycles. The fraction of sp³-hybridized carbons (Fsp3) is 0.533. The predicted octanol–water partition coefficient (Wildman–Crippen LogP) is 2.27. The average molecular weight is 262 g/mol. The number of fused-ring (bicyclic) bond motifs is 1. The van der Waals surface area contributed by atoms with Crippen molar-refractivity contribution in [1.82, 2.24) is 0 Å². The van der Waals surface area contributed by atoms with Crippen LogP contribution in [0, 0.1) is 0 Å². The van der Waals surface area contributed by atoms with E-state index in [0.29, 0.717) is 24.2 Å². The first-order valence-electron chi connectivity index (χ1n) is 6.50. The molecule has 0 saturated carbocycles. The molecule has 4 nitrogen and oxygen atoms in total. The van der Waals surface area contributed by atoms with Crippen molar-refractivity contribution >= 4 is 5.78 Å². The molecule has 0 N–H and O–H groups in total. The molecule has 2 saturated heterocycles. The van der Waals surface area contributed by atoms with Gasteiger partial charge in [0, 0.05) is 18.1 Å². The van der Waals surface area contributed by atoms with Crippen LogP contribution in [0.25, 0.3) is 0 Å². The summed E-state index contributed by atoms with van der Waals surface area (Å²) in [6, 6.07) is 0. The number of rotatable bonds is 4. The van der Waals surface area contributed by atoms with Gasteiger partial charge in [0.1, 0.15) is 5.76 Å². The Hall–Kier alpha value is -1.39. The molecule has 19 heavy (non-hydrogen) atoms. The highest BCUT2D eigenvalue weighted by Gasteiger charge is 2.55. The molecule has 3 rings (SSSR count). The van der Waals surface area contributed by atoms with E-state index in [1.807, 2.05) is 6.08 Å². The zero-order valence-electron chi connectivity index (χ0n) is 11.3. The van der Waals surface area contributed by atoms with Crippen molar-refractivity contribution < 1.29 is 19.0 Å². The maximum Gasteiger partial charge on any atom is 0.190 e. The lowest BCUT2D eigenvalue weighted by molar-refractivity contribution is -0.112. The van der Waals surface area contributed by atoms with E-state index < -0.39 is 5.60 Å². The number of ether oxygens (including phenoxy) is 3. The van der Waals surface area contributed by atoms with Crippen molar-refractivity contribution in [3.05, 3.63) is 36.1 Å². The quantitative estimate of drug-likeness (QED) is 0.576. The van der Waals surface area contributed by atoms with Crippen LogP contribution < -0.4 is 0 Å². The lowest BCUT2D eigenvalue weighted by atomic mass is 9.84. The molecule has 0 aromatic carbocycles. The number of hydrogen-bond donors (Lipinski definition) is 0. The number of carbonyl (C=O) groups is 1. The Balaban J connectivity index is 1.89. The monoisotopic (exact) mass is 262 g/mol. The molecular weight excluding hydrogens is 244 g/mol. The van der Waals surface area contributed by atoms with Crippen molar-refractivity contribution in [3.8, 4) is 0 Å². The van der Waals surface area contributed by atoms with E-state index in [0.717, 1.165) is 0 Å². The molecule has 0 radical (unpaired) electrons. The third-order valence-corrected chi connectivity index (χ3v) is 3.95. The van der Waals surface area contributed by atoms with Crippen LogP contribution in [0.1, 0.15) is 26.7 Å². The molecule has 2 aliphatic heterocycles. The fourth-order valence-corrected chi connectivity index (χ4v) is 2.66. The van der Waals surface area contributed by atoms with Crippen molar-refractivity contribution in [2.24, 2.45) is 0 Å². The number of epoxide rings is 1. The summed E-state index contributed by atoms with van der Waals surface area (Å²) in [7, 11) is 0. The number of carbonyl (C=O) groups excluding carboxylic acids is 1. The molecule has 102 valence electrons. The molecule has 0 spiro atoms. The Labute approximate surface area is 112 Å². The Morgan fingerprint density at radius 2 is 2.26 bits per heavy atom. The van der Waals surface area contributed by atoms with E-state index >= 15 is 0 Å². The van der Waals surface area contributed by atoms with Gasteiger partial charge in [-0.15, -0.1) is 6.58 Å². The molecule has 0 amide bonds. The van der Waals surface area contributed by atoms with E-state index in [2.05, 4.69) is 20.4 Å². The standard InChI is InChI=1S/C15H18O4/c1-4-5-10-7-15(8-13-14(2,3)19-13)12(6-11(10)16)17-9-18-15/h4,6-7,13H,1,5,8-9H2,2-3H3/t13-,15+/m0/s1. The summed E-state index contributed by atoms with van der Waals surface area (Å²) in [5, 5.41) is 0. The molecule has 0 aromatic heterocycles. The van der Waals surface area contributed by atoms with E-state index in [4.69, 9.17) is 14.2 Å². The first kappa shape index (κ1) is 12.6. The Morgan fingerprint density at radius 1 is 1.53 bits per heavy atom. The lowest BCUT2D eigenvalue weighted by Crippen LogP contribution is -2.34. The second-order valence-corrected chi connectivity index (χ2v) is 5.75. The highest BCUT2D eigenvalue weighted by Crippen LogP contribution is 2.47. The van der Waals surface area contributed by atoms with Crippen LogP contribution in [0.4, 0.5) is 0 Å². The smallest absolute Gasteiger partial charge is 0.190 e. The third kappa shape index (κ3) is 2.05. The molecule has 1 aliphatic carbocycles. The van der Waals surface area contributed by atoms with Crippen LogP contribution in [0.2, 0.25) is 0 Å². The van der Waals surface area contributed by atoms with Gasteiger partial charge in [0.15, 0.2) is 18.2 Å². The summed E-state index contributed by atoms with van der Waals surface area (Å²) in [6.45, 7) is 7.97. The van der Waals surface area contributed by atoms with Crippen molar-refractivity contribution in [2.45, 2.75) is 44.0 Å². The molecule has 2 fully saturated rings. The fourth-order valence-electron chi connectivity index (χ4n) is 2.66. The van der Waals surface area contributed by atoms with Gasteiger partial charge in [0.25, 0.3) is 0 Å². The largest absolute Gasteiger partial charge is 0.468 e. The Morgan fingerprint density at radius 3 is 2.89 bits per heavy atom. The zero-order valence-corrected chi connectivity index (χ0v) is 11.3. The summed E-state index contributed by atoms with van der Waals surface area (Å²) >= 11 is 0. The number of hydrogen-bond acceptors (Lipinski definition) is 4. The molecule has 4 heteroatoms. The van der Waals surface area contributed by atoms with Gasteiger partial charge in [0.2, 0.25) is 0 Å². The predicted molar refractivity (Wildman–Crippen MR) is 69.3 cm³/mol. The lowest BCUT2D eigenvalue weighted by Gasteiger charge is -2.27. The topological polar surface area (TPSA) is 48.1 Å². The summed E-state index contributed by atoms with van der Waals surface area (Å²) in [5.41, 5.74) is -0.0348. The van der Waals surface area contributed by atoms with Crippen LogP contribution in [-0.2, 0) is 19.0 Å². The SMILES string of the molecule is C=CCC1=C[C@]2(C[C@@H]3OC3(C)C)OCOC2=CC1=O. The number of ketones is 1. The molecule has 0 aromatic rings. The van der Waals surface area contributed by atoms with Gasteiger partial charge in [-0.1, -0.05) is 6.08 Å². The second-order valence-electron chi connectivity index (χ2n) is 5.75. The Kier molecular flexibility index (Phi) is 2.69. The van der Waals surface area contributed by atoms with Crippen LogP contribution >= 0.6 is 0 Å². The first-order chi connectivity index (χ1) is 8.97. The number of allylic oxidation sites excluding steroid dienone is 3. The minimum atomic E-state index is -0.634. The summed E-state index contributed by atoms with van der Waals surface area (Å²) < 4.78 is 16.9. The first-order valence-corrected chi connectivity index (χ1v) is 6.50. The van der Waals surface area contributed by atoms with Gasteiger partial charge >= 0.3 is 0 Å². The van der Waals surface area contributed by atoms with E-state index in [-0.39, 0.29) is 24.3 Å². The zero-order chi connectivity index (χ0) is 13.7. The van der Waals surface area contributed by atoms with Gasteiger partial charge in [-0.05, 0) is 26.3 Å². The Bertz CT molecular complexity index is 500. The molecule has 0 unspecified atom stereocenters. The maximum atomic E-state index is 11.9. The van der Waals surface area contributed by atoms with Crippen LogP contribution in [0.5, 0.6) is 0 Å². The van der Waals surface area contributed by atoms with Gasteiger partial charge in [-0.3, -0.25) is 4.79 Å². The van der Waals surface area contributed by atoms with Crippen LogP contribution in [0.15, 0.2) is 36.1 Å². The van der Waals surface area contributed by atoms with Crippen molar-refractivity contribution in [2.75, 3.05) is 6.79 Å². The minimum absolute atomic E-state index is 0.0213. The van der Waals surface area contributed by atoms with Gasteiger partial charge < -0.3 is 14.2 Å². The van der Waals surface area contributed by atoms with Gasteiger partial charge in [0.05, 0.1) is 11.7 Å². The molecule has 0 bridgehead atoms. The van der Waals surface area contributed by atoms with Gasteiger partial charge in [-0.25, -0.2) is 0 Å².